The lowest BCUT2D eigenvalue weighted by atomic mass is 9.92. The fraction of sp³-hybridized carbons (Fsp3) is 0.550. The Morgan fingerprint density at radius 1 is 1.22 bits per heavy atom. The van der Waals surface area contributed by atoms with Crippen LogP contribution < -0.4 is 0 Å². The number of hydrogen-bond donors (Lipinski definition) is 1. The highest BCUT2D eigenvalue weighted by Gasteiger charge is 2.31. The van der Waals surface area contributed by atoms with E-state index in [1.54, 1.807) is 0 Å². The van der Waals surface area contributed by atoms with Gasteiger partial charge in [-0.1, -0.05) is 45.0 Å². The maximum atomic E-state index is 5.84. The average molecular weight is 312 g/mol. The Balaban J connectivity index is 1.69. The van der Waals surface area contributed by atoms with E-state index >= 15 is 0 Å². The van der Waals surface area contributed by atoms with Crippen molar-refractivity contribution in [2.24, 2.45) is 5.92 Å². The SMILES string of the molecule is CC1(C)C[C@@H](Cc2ccc(-c3nc(C(C)(C)C)c[nH]3)cc2)CO1. The second-order valence-electron chi connectivity index (χ2n) is 8.43. The number of H-pyrrole nitrogens is 1. The first-order chi connectivity index (χ1) is 10.7. The van der Waals surface area contributed by atoms with Gasteiger partial charge in [-0.25, -0.2) is 4.98 Å². The third-order valence-electron chi connectivity index (χ3n) is 4.59. The molecule has 1 saturated heterocycles. The molecular formula is C20H28N2O. The first kappa shape index (κ1) is 16.3. The fourth-order valence-corrected chi connectivity index (χ4v) is 3.27. The van der Waals surface area contributed by atoms with Crippen LogP contribution in [0.25, 0.3) is 11.4 Å². The van der Waals surface area contributed by atoms with Crippen LogP contribution in [0.3, 0.4) is 0 Å². The second-order valence-corrected chi connectivity index (χ2v) is 8.43. The summed E-state index contributed by atoms with van der Waals surface area (Å²) in [6, 6.07) is 8.78. The summed E-state index contributed by atoms with van der Waals surface area (Å²) in [6.07, 6.45) is 4.25. The van der Waals surface area contributed by atoms with Crippen LogP contribution in [0.2, 0.25) is 0 Å². The molecule has 0 unspecified atom stereocenters. The zero-order valence-corrected chi connectivity index (χ0v) is 14.9. The van der Waals surface area contributed by atoms with Crippen molar-refractivity contribution >= 4 is 0 Å². The number of nitrogens with zero attached hydrogens (tertiary/aromatic N) is 1. The van der Waals surface area contributed by atoms with E-state index in [4.69, 9.17) is 9.72 Å². The van der Waals surface area contributed by atoms with Crippen molar-refractivity contribution in [1.82, 2.24) is 9.97 Å². The minimum atomic E-state index is 0.0438. The maximum Gasteiger partial charge on any atom is 0.137 e. The molecule has 0 amide bonds. The van der Waals surface area contributed by atoms with E-state index in [-0.39, 0.29) is 11.0 Å². The molecule has 1 aliphatic heterocycles. The van der Waals surface area contributed by atoms with Crippen molar-refractivity contribution in [2.75, 3.05) is 6.61 Å². The Morgan fingerprint density at radius 2 is 1.91 bits per heavy atom. The lowest BCUT2D eigenvalue weighted by molar-refractivity contribution is 0.0350. The van der Waals surface area contributed by atoms with E-state index in [9.17, 15) is 0 Å². The molecule has 2 heterocycles. The average Bonchev–Trinajstić information content (AvgIpc) is 3.06. The summed E-state index contributed by atoms with van der Waals surface area (Å²) in [4.78, 5) is 8.03. The normalized spacial score (nSPS) is 20.8. The van der Waals surface area contributed by atoms with Gasteiger partial charge in [-0.2, -0.15) is 0 Å². The number of hydrogen-bond acceptors (Lipinski definition) is 2. The molecule has 2 aromatic rings. The first-order valence-electron chi connectivity index (χ1n) is 8.52. The summed E-state index contributed by atoms with van der Waals surface area (Å²) in [5.41, 5.74) is 3.74. The predicted molar refractivity (Wildman–Crippen MR) is 94.6 cm³/mol. The number of imidazole rings is 1. The Labute approximate surface area is 139 Å². The predicted octanol–water partition coefficient (Wildman–Crippen LogP) is 4.73. The van der Waals surface area contributed by atoms with E-state index in [0.717, 1.165) is 36.5 Å². The third kappa shape index (κ3) is 3.84. The number of benzene rings is 1. The number of aromatic nitrogens is 2. The molecule has 3 rings (SSSR count). The summed E-state index contributed by atoms with van der Waals surface area (Å²) in [6.45, 7) is 11.8. The minimum Gasteiger partial charge on any atom is -0.375 e. The Kier molecular flexibility index (Phi) is 4.09. The van der Waals surface area contributed by atoms with Crippen LogP contribution in [0.4, 0.5) is 0 Å². The Bertz CT molecular complexity index is 662. The molecule has 0 aliphatic carbocycles. The maximum absolute atomic E-state index is 5.84. The highest BCUT2D eigenvalue weighted by Crippen LogP contribution is 2.31. The Morgan fingerprint density at radius 3 is 2.43 bits per heavy atom. The van der Waals surface area contributed by atoms with Gasteiger partial charge in [0, 0.05) is 17.2 Å². The van der Waals surface area contributed by atoms with Crippen LogP contribution in [-0.2, 0) is 16.6 Å². The topological polar surface area (TPSA) is 37.9 Å². The number of ether oxygens (including phenoxy) is 1. The molecule has 1 N–H and O–H groups in total. The molecule has 1 aromatic heterocycles. The van der Waals surface area contributed by atoms with Gasteiger partial charge in [-0.05, 0) is 38.2 Å². The van der Waals surface area contributed by atoms with Gasteiger partial charge in [0.2, 0.25) is 0 Å². The van der Waals surface area contributed by atoms with Gasteiger partial charge in [-0.15, -0.1) is 0 Å². The molecule has 3 nitrogen and oxygen atoms in total. The van der Waals surface area contributed by atoms with Gasteiger partial charge in [0.05, 0.1) is 17.9 Å². The van der Waals surface area contributed by atoms with Gasteiger partial charge in [-0.3, -0.25) is 0 Å². The number of aromatic amines is 1. The van der Waals surface area contributed by atoms with Crippen molar-refractivity contribution in [1.29, 1.82) is 0 Å². The van der Waals surface area contributed by atoms with E-state index in [1.165, 1.54) is 5.56 Å². The van der Waals surface area contributed by atoms with Crippen molar-refractivity contribution < 1.29 is 4.74 Å². The summed E-state index contributed by atoms with van der Waals surface area (Å²) in [5.74, 6) is 1.58. The van der Waals surface area contributed by atoms with Crippen molar-refractivity contribution in [3.8, 4) is 11.4 Å². The molecule has 1 aromatic carbocycles. The minimum absolute atomic E-state index is 0.0438. The van der Waals surface area contributed by atoms with E-state index in [1.807, 2.05) is 6.20 Å². The molecule has 124 valence electrons. The lowest BCUT2D eigenvalue weighted by Gasteiger charge is -2.15. The van der Waals surface area contributed by atoms with Crippen molar-refractivity contribution in [3.05, 3.63) is 41.7 Å². The third-order valence-corrected chi connectivity index (χ3v) is 4.59. The van der Waals surface area contributed by atoms with Crippen LogP contribution in [0.1, 0.15) is 52.3 Å². The lowest BCUT2D eigenvalue weighted by Crippen LogP contribution is -2.16. The highest BCUT2D eigenvalue weighted by atomic mass is 16.5. The molecular weight excluding hydrogens is 284 g/mol. The molecule has 1 fully saturated rings. The number of rotatable bonds is 3. The van der Waals surface area contributed by atoms with Gasteiger partial charge < -0.3 is 9.72 Å². The van der Waals surface area contributed by atoms with E-state index < -0.39 is 0 Å². The van der Waals surface area contributed by atoms with Gasteiger partial charge in [0.15, 0.2) is 0 Å². The number of nitrogens with one attached hydrogen (secondary N) is 1. The molecule has 1 atom stereocenters. The molecule has 0 spiro atoms. The van der Waals surface area contributed by atoms with Crippen LogP contribution in [0, 0.1) is 5.92 Å². The monoisotopic (exact) mass is 312 g/mol. The molecule has 1 aliphatic rings. The Hall–Kier alpha value is -1.61. The quantitative estimate of drug-likeness (QED) is 0.889. The molecule has 0 saturated carbocycles. The zero-order chi connectivity index (χ0) is 16.7. The van der Waals surface area contributed by atoms with Gasteiger partial charge in [0.1, 0.15) is 5.82 Å². The van der Waals surface area contributed by atoms with Crippen molar-refractivity contribution in [3.63, 3.8) is 0 Å². The highest BCUT2D eigenvalue weighted by molar-refractivity contribution is 5.56. The largest absolute Gasteiger partial charge is 0.375 e. The van der Waals surface area contributed by atoms with Gasteiger partial charge in [0.25, 0.3) is 0 Å². The molecule has 0 bridgehead atoms. The second kappa shape index (κ2) is 5.79. The zero-order valence-electron chi connectivity index (χ0n) is 14.9. The standard InChI is InChI=1S/C20H28N2O/c1-19(2,3)17-12-21-18(22-17)16-8-6-14(7-9-16)10-15-11-20(4,5)23-13-15/h6-9,12,15H,10-11,13H2,1-5H3,(H,21,22)/t15-/m1/s1. The summed E-state index contributed by atoms with van der Waals surface area (Å²) >= 11 is 0. The summed E-state index contributed by atoms with van der Waals surface area (Å²) in [7, 11) is 0. The fourth-order valence-electron chi connectivity index (χ4n) is 3.27. The smallest absolute Gasteiger partial charge is 0.137 e. The van der Waals surface area contributed by atoms with E-state index in [2.05, 4.69) is 63.9 Å². The first-order valence-corrected chi connectivity index (χ1v) is 8.52. The van der Waals surface area contributed by atoms with Crippen molar-refractivity contribution in [2.45, 2.75) is 58.5 Å². The van der Waals surface area contributed by atoms with Crippen LogP contribution in [-0.4, -0.2) is 22.2 Å². The molecule has 23 heavy (non-hydrogen) atoms. The van der Waals surface area contributed by atoms with Gasteiger partial charge >= 0.3 is 0 Å². The summed E-state index contributed by atoms with van der Waals surface area (Å²) < 4.78 is 5.84. The van der Waals surface area contributed by atoms with Crippen LogP contribution in [0.15, 0.2) is 30.5 Å². The van der Waals surface area contributed by atoms with Crippen LogP contribution in [0.5, 0.6) is 0 Å². The van der Waals surface area contributed by atoms with Crippen LogP contribution >= 0.6 is 0 Å². The molecule has 0 radical (unpaired) electrons. The summed E-state index contributed by atoms with van der Waals surface area (Å²) in [5, 5.41) is 0. The molecule has 3 heteroatoms. The van der Waals surface area contributed by atoms with E-state index in [0.29, 0.717) is 5.92 Å².